The summed E-state index contributed by atoms with van der Waals surface area (Å²) in [4.78, 5) is 38.9. The number of amides is 3. The zero-order valence-corrected chi connectivity index (χ0v) is 22.2. The molecule has 2 atom stereocenters. The molecule has 1 saturated heterocycles. The summed E-state index contributed by atoms with van der Waals surface area (Å²) in [5, 5.41) is 2.28. The van der Waals surface area contributed by atoms with Crippen LogP contribution < -0.4 is 5.32 Å². The summed E-state index contributed by atoms with van der Waals surface area (Å²) >= 11 is 0. The van der Waals surface area contributed by atoms with Gasteiger partial charge in [-0.1, -0.05) is 36.6 Å². The van der Waals surface area contributed by atoms with Crippen molar-refractivity contribution in [2.24, 2.45) is 0 Å². The summed E-state index contributed by atoms with van der Waals surface area (Å²) < 4.78 is 42.6. The number of carbonyl (C=O) groups excluding carboxylic acids is 3. The fourth-order valence-corrected chi connectivity index (χ4v) is 6.82. The lowest BCUT2D eigenvalue weighted by molar-refractivity contribution is -0.136. The van der Waals surface area contributed by atoms with Crippen molar-refractivity contribution >= 4 is 38.6 Å². The molecule has 0 saturated carbocycles. The first kappa shape index (κ1) is 27.2. The molecule has 2 aliphatic heterocycles. The van der Waals surface area contributed by atoms with E-state index in [1.807, 2.05) is 6.92 Å². The first-order chi connectivity index (χ1) is 17.7. The minimum absolute atomic E-state index is 0.0871. The fourth-order valence-electron chi connectivity index (χ4n) is 4.51. The lowest BCUT2D eigenvalue weighted by Gasteiger charge is -2.29. The largest absolute Gasteiger partial charge is 0.322 e. The molecule has 1 fully saturated rings. The Morgan fingerprint density at radius 3 is 2.49 bits per heavy atom. The van der Waals surface area contributed by atoms with Crippen LogP contribution in [0.5, 0.6) is 0 Å². The standard InChI is InChI=1S/C26H30N2O7S2/c1-18-9-11-19(12-10-18)37(33,34)35-15-4-2-3-5-16-36(32)23-8-6-7-20-21(23)17-28(26(20)31)22-13-14-24(29)27-25(22)30/h6-12,22H,2-5,13-17H2,1H3,(H,27,29,30). The monoisotopic (exact) mass is 546 g/mol. The maximum absolute atomic E-state index is 13.1. The third kappa shape index (κ3) is 6.34. The van der Waals surface area contributed by atoms with Crippen LogP contribution in [0.25, 0.3) is 0 Å². The SMILES string of the molecule is Cc1ccc(S(=O)(=O)OCCCCCCS(=O)c2cccc3c2CN(C2CCC(=O)NC2=O)C3=O)cc1. The zero-order chi connectivity index (χ0) is 26.6. The van der Waals surface area contributed by atoms with Crippen LogP contribution in [0.2, 0.25) is 0 Å². The van der Waals surface area contributed by atoms with Gasteiger partial charge in [0.2, 0.25) is 11.8 Å². The van der Waals surface area contributed by atoms with E-state index in [1.54, 1.807) is 30.3 Å². The van der Waals surface area contributed by atoms with Gasteiger partial charge < -0.3 is 4.90 Å². The van der Waals surface area contributed by atoms with E-state index in [9.17, 15) is 27.0 Å². The maximum atomic E-state index is 13.1. The Labute approximate surface area is 219 Å². The van der Waals surface area contributed by atoms with Gasteiger partial charge in [-0.3, -0.25) is 28.1 Å². The molecular formula is C26H30N2O7S2. The van der Waals surface area contributed by atoms with Gasteiger partial charge >= 0.3 is 0 Å². The Morgan fingerprint density at radius 2 is 1.76 bits per heavy atom. The second-order valence-corrected chi connectivity index (χ2v) is 12.4. The van der Waals surface area contributed by atoms with Crippen LogP contribution in [0.4, 0.5) is 0 Å². The number of unbranched alkanes of at least 4 members (excludes halogenated alkanes) is 3. The van der Waals surface area contributed by atoms with Crippen molar-refractivity contribution in [3.63, 3.8) is 0 Å². The predicted octanol–water partition coefficient (Wildman–Crippen LogP) is 2.83. The molecule has 198 valence electrons. The number of nitrogens with one attached hydrogen (secondary N) is 1. The molecule has 0 spiro atoms. The number of nitrogens with zero attached hydrogens (tertiary/aromatic N) is 1. The number of benzene rings is 2. The van der Waals surface area contributed by atoms with Crippen LogP contribution in [0.1, 0.15) is 60.0 Å². The molecule has 11 heteroatoms. The summed E-state index contributed by atoms with van der Waals surface area (Å²) in [5.41, 5.74) is 2.09. The van der Waals surface area contributed by atoms with Crippen LogP contribution in [-0.4, -0.2) is 53.6 Å². The van der Waals surface area contributed by atoms with Crippen molar-refractivity contribution in [2.45, 2.75) is 67.8 Å². The van der Waals surface area contributed by atoms with Gasteiger partial charge in [-0.2, -0.15) is 8.42 Å². The molecule has 0 aliphatic carbocycles. The van der Waals surface area contributed by atoms with E-state index in [0.29, 0.717) is 34.6 Å². The van der Waals surface area contributed by atoms with Gasteiger partial charge in [0.05, 0.1) is 22.3 Å². The minimum atomic E-state index is -3.77. The highest BCUT2D eigenvalue weighted by atomic mass is 32.2. The Bertz CT molecular complexity index is 1320. The number of piperidine rings is 1. The summed E-state index contributed by atoms with van der Waals surface area (Å²) in [6, 6.07) is 10.9. The third-order valence-corrected chi connectivity index (χ3v) is 9.42. The molecule has 9 nitrogen and oxygen atoms in total. The van der Waals surface area contributed by atoms with Gasteiger partial charge in [-0.25, -0.2) is 0 Å². The minimum Gasteiger partial charge on any atom is -0.322 e. The summed E-state index contributed by atoms with van der Waals surface area (Å²) in [7, 11) is -5.09. The van der Waals surface area contributed by atoms with Crippen LogP contribution in [0.15, 0.2) is 52.3 Å². The molecule has 0 aromatic heterocycles. The van der Waals surface area contributed by atoms with Crippen LogP contribution in [-0.2, 0) is 41.2 Å². The van der Waals surface area contributed by atoms with Crippen molar-refractivity contribution in [3.8, 4) is 0 Å². The van der Waals surface area contributed by atoms with Crippen molar-refractivity contribution < 1.29 is 31.2 Å². The van der Waals surface area contributed by atoms with E-state index in [4.69, 9.17) is 4.18 Å². The average Bonchev–Trinajstić information content (AvgIpc) is 3.19. The van der Waals surface area contributed by atoms with E-state index in [2.05, 4.69) is 5.32 Å². The van der Waals surface area contributed by atoms with Crippen molar-refractivity contribution in [2.75, 3.05) is 12.4 Å². The van der Waals surface area contributed by atoms with Crippen LogP contribution >= 0.6 is 0 Å². The predicted molar refractivity (Wildman–Crippen MR) is 137 cm³/mol. The molecule has 1 N–H and O–H groups in total. The van der Waals surface area contributed by atoms with Gasteiger partial charge in [0, 0.05) is 34.7 Å². The van der Waals surface area contributed by atoms with E-state index < -0.39 is 32.9 Å². The lowest BCUT2D eigenvalue weighted by Crippen LogP contribution is -2.52. The molecular weight excluding hydrogens is 516 g/mol. The molecule has 4 rings (SSSR count). The molecule has 37 heavy (non-hydrogen) atoms. The highest BCUT2D eigenvalue weighted by molar-refractivity contribution is 7.86. The quantitative estimate of drug-likeness (QED) is 0.261. The van der Waals surface area contributed by atoms with E-state index >= 15 is 0 Å². The summed E-state index contributed by atoms with van der Waals surface area (Å²) in [5.74, 6) is -0.697. The molecule has 2 unspecified atom stereocenters. The van der Waals surface area contributed by atoms with Crippen molar-refractivity contribution in [1.29, 1.82) is 0 Å². The van der Waals surface area contributed by atoms with Gasteiger partial charge in [-0.15, -0.1) is 0 Å². The van der Waals surface area contributed by atoms with Gasteiger partial charge in [0.25, 0.3) is 16.0 Å². The van der Waals surface area contributed by atoms with E-state index in [-0.39, 0.29) is 42.7 Å². The van der Waals surface area contributed by atoms with E-state index in [0.717, 1.165) is 18.4 Å². The second kappa shape index (κ2) is 11.7. The Balaban J connectivity index is 1.24. The topological polar surface area (TPSA) is 127 Å². The third-order valence-electron chi connectivity index (χ3n) is 6.56. The van der Waals surface area contributed by atoms with Crippen molar-refractivity contribution in [3.05, 3.63) is 59.2 Å². The molecule has 2 aliphatic rings. The molecule has 2 aromatic carbocycles. The number of hydrogen-bond donors (Lipinski definition) is 1. The lowest BCUT2D eigenvalue weighted by atomic mass is 10.0. The number of rotatable bonds is 11. The second-order valence-electron chi connectivity index (χ2n) is 9.24. The fraction of sp³-hybridized carbons (Fsp3) is 0.423. The molecule has 2 aromatic rings. The van der Waals surface area contributed by atoms with Crippen LogP contribution in [0.3, 0.4) is 0 Å². The highest BCUT2D eigenvalue weighted by Crippen LogP contribution is 2.31. The maximum Gasteiger partial charge on any atom is 0.296 e. The number of imide groups is 1. The first-order valence-electron chi connectivity index (χ1n) is 12.3. The highest BCUT2D eigenvalue weighted by Gasteiger charge is 2.40. The number of hydrogen-bond acceptors (Lipinski definition) is 7. The van der Waals surface area contributed by atoms with Gasteiger partial charge in [0.15, 0.2) is 0 Å². The van der Waals surface area contributed by atoms with E-state index in [1.165, 1.54) is 17.0 Å². The number of fused-ring (bicyclic) bond motifs is 1. The molecule has 2 heterocycles. The normalized spacial score (nSPS) is 18.6. The first-order valence-corrected chi connectivity index (χ1v) is 15.0. The van der Waals surface area contributed by atoms with Crippen molar-refractivity contribution in [1.82, 2.24) is 10.2 Å². The number of carbonyl (C=O) groups is 3. The average molecular weight is 547 g/mol. The Hall–Kier alpha value is -2.89. The van der Waals surface area contributed by atoms with Crippen LogP contribution in [0, 0.1) is 6.92 Å². The Kier molecular flexibility index (Phi) is 8.56. The Morgan fingerprint density at radius 1 is 1.03 bits per heavy atom. The summed E-state index contributed by atoms with van der Waals surface area (Å²) in [6.07, 6.45) is 3.18. The zero-order valence-electron chi connectivity index (χ0n) is 20.6. The molecule has 0 radical (unpaired) electrons. The van der Waals surface area contributed by atoms with Gasteiger partial charge in [-0.05, 0) is 50.5 Å². The molecule has 0 bridgehead atoms. The molecule has 3 amide bonds. The summed E-state index contributed by atoms with van der Waals surface area (Å²) in [6.45, 7) is 2.16. The van der Waals surface area contributed by atoms with Gasteiger partial charge in [0.1, 0.15) is 6.04 Å². The smallest absolute Gasteiger partial charge is 0.296 e. The number of aryl methyl sites for hydroxylation is 1.